The van der Waals surface area contributed by atoms with Crippen LogP contribution in [0.15, 0.2) is 48.1 Å². The summed E-state index contributed by atoms with van der Waals surface area (Å²) in [4.78, 5) is 19.1. The van der Waals surface area contributed by atoms with E-state index >= 15 is 0 Å². The normalized spacial score (nSPS) is 10.4. The van der Waals surface area contributed by atoms with Gasteiger partial charge in [-0.3, -0.25) is 15.1 Å². The van der Waals surface area contributed by atoms with Gasteiger partial charge >= 0.3 is 0 Å². The number of hydrogen-bond donors (Lipinski definition) is 2. The van der Waals surface area contributed by atoms with Gasteiger partial charge in [0.05, 0.1) is 16.2 Å². The van der Waals surface area contributed by atoms with Gasteiger partial charge in [0, 0.05) is 41.6 Å². The van der Waals surface area contributed by atoms with Gasteiger partial charge < -0.3 is 11.1 Å². The van der Waals surface area contributed by atoms with E-state index in [1.54, 1.807) is 18.5 Å². The first kappa shape index (κ1) is 14.9. The van der Waals surface area contributed by atoms with E-state index in [1.807, 2.05) is 17.5 Å². The van der Waals surface area contributed by atoms with E-state index in [4.69, 9.17) is 5.73 Å². The summed E-state index contributed by atoms with van der Waals surface area (Å²) in [5.41, 5.74) is 8.57. The minimum absolute atomic E-state index is 0.0395. The Kier molecular flexibility index (Phi) is 4.15. The molecule has 3 aromatic rings. The average molecular weight is 327 g/mol. The molecule has 0 spiro atoms. The number of nitro benzene ring substituents is 1. The highest BCUT2D eigenvalue weighted by Crippen LogP contribution is 2.26. The third kappa shape index (κ3) is 3.43. The molecule has 0 atom stereocenters. The molecule has 0 saturated heterocycles. The Morgan fingerprint density at radius 2 is 2.04 bits per heavy atom. The van der Waals surface area contributed by atoms with Gasteiger partial charge in [-0.05, 0) is 24.3 Å². The maximum Gasteiger partial charge on any atom is 0.274 e. The van der Waals surface area contributed by atoms with Crippen molar-refractivity contribution < 1.29 is 4.92 Å². The summed E-state index contributed by atoms with van der Waals surface area (Å²) in [7, 11) is 0. The van der Waals surface area contributed by atoms with Crippen molar-refractivity contribution in [1.82, 2.24) is 9.97 Å². The number of nitrogens with two attached hydrogens (primary N) is 1. The van der Waals surface area contributed by atoms with Gasteiger partial charge in [-0.15, -0.1) is 11.3 Å². The molecule has 8 heteroatoms. The molecule has 0 fully saturated rings. The summed E-state index contributed by atoms with van der Waals surface area (Å²) < 4.78 is 0. The van der Waals surface area contributed by atoms with E-state index < -0.39 is 4.92 Å². The minimum Gasteiger partial charge on any atom is -0.399 e. The zero-order valence-corrected chi connectivity index (χ0v) is 12.8. The third-order valence-corrected chi connectivity index (χ3v) is 4.01. The molecule has 2 heterocycles. The largest absolute Gasteiger partial charge is 0.399 e. The van der Waals surface area contributed by atoms with E-state index in [2.05, 4.69) is 15.3 Å². The molecule has 0 amide bonds. The molecule has 0 radical (unpaired) electrons. The first-order chi connectivity index (χ1) is 11.1. The molecule has 2 aromatic heterocycles. The van der Waals surface area contributed by atoms with E-state index in [0.717, 1.165) is 11.3 Å². The lowest BCUT2D eigenvalue weighted by Crippen LogP contribution is -2.04. The molecule has 0 bridgehead atoms. The summed E-state index contributed by atoms with van der Waals surface area (Å²) in [6, 6.07) is 8.29. The third-order valence-electron chi connectivity index (χ3n) is 3.21. The molecule has 1 aromatic carbocycles. The summed E-state index contributed by atoms with van der Waals surface area (Å²) in [5.74, 6) is 0. The first-order valence-corrected chi connectivity index (χ1v) is 7.64. The van der Waals surface area contributed by atoms with Crippen LogP contribution in [0, 0.1) is 10.1 Å². The maximum atomic E-state index is 11.1. The molecule has 3 rings (SSSR count). The number of aromatic nitrogens is 2. The zero-order valence-electron chi connectivity index (χ0n) is 12.0. The van der Waals surface area contributed by atoms with Crippen LogP contribution >= 0.6 is 11.3 Å². The molecule has 0 aliphatic carbocycles. The minimum atomic E-state index is -0.416. The molecule has 116 valence electrons. The molecule has 0 aliphatic heterocycles. The Morgan fingerprint density at radius 3 is 2.78 bits per heavy atom. The Labute approximate surface area is 136 Å². The second-order valence-corrected chi connectivity index (χ2v) is 5.63. The van der Waals surface area contributed by atoms with Crippen molar-refractivity contribution in [2.75, 3.05) is 11.1 Å². The first-order valence-electron chi connectivity index (χ1n) is 6.76. The number of thiazole rings is 1. The van der Waals surface area contributed by atoms with Crippen molar-refractivity contribution in [2.45, 2.75) is 6.54 Å². The fourth-order valence-corrected chi connectivity index (χ4v) is 2.82. The van der Waals surface area contributed by atoms with Crippen LogP contribution in [-0.4, -0.2) is 14.9 Å². The van der Waals surface area contributed by atoms with Gasteiger partial charge in [0.15, 0.2) is 5.13 Å². The number of nitrogen functional groups attached to an aromatic ring is 1. The molecule has 0 unspecified atom stereocenters. The van der Waals surface area contributed by atoms with Crippen LogP contribution in [0.4, 0.5) is 16.5 Å². The fraction of sp³-hybridized carbons (Fsp3) is 0.0667. The second kappa shape index (κ2) is 6.41. The van der Waals surface area contributed by atoms with Crippen molar-refractivity contribution >= 4 is 27.8 Å². The van der Waals surface area contributed by atoms with Gasteiger partial charge in [-0.2, -0.15) is 0 Å². The lowest BCUT2D eigenvalue weighted by Gasteiger charge is -2.05. The van der Waals surface area contributed by atoms with E-state index in [0.29, 0.717) is 16.4 Å². The number of hydrogen-bond acceptors (Lipinski definition) is 7. The van der Waals surface area contributed by atoms with Crippen LogP contribution in [0.25, 0.3) is 11.3 Å². The highest BCUT2D eigenvalue weighted by Gasteiger charge is 2.14. The van der Waals surface area contributed by atoms with Crippen molar-refractivity contribution in [3.05, 3.63) is 63.8 Å². The predicted molar refractivity (Wildman–Crippen MR) is 90.2 cm³/mol. The van der Waals surface area contributed by atoms with Crippen LogP contribution in [0.1, 0.15) is 5.56 Å². The molecule has 3 N–H and O–H groups in total. The number of anilines is 2. The number of benzene rings is 1. The van der Waals surface area contributed by atoms with Gasteiger partial charge in [-0.1, -0.05) is 0 Å². The van der Waals surface area contributed by atoms with Crippen molar-refractivity contribution in [2.24, 2.45) is 0 Å². The number of pyridine rings is 1. The van der Waals surface area contributed by atoms with Crippen LogP contribution < -0.4 is 11.1 Å². The number of nitrogens with zero attached hydrogens (tertiary/aromatic N) is 3. The summed E-state index contributed by atoms with van der Waals surface area (Å²) in [6.45, 7) is 0.282. The topological polar surface area (TPSA) is 107 Å². The molecule has 7 nitrogen and oxygen atoms in total. The number of rotatable bonds is 5. The average Bonchev–Trinajstić information content (AvgIpc) is 3.02. The standard InChI is InChI=1S/C15H13N5O2S/c16-12-1-2-14(20(21)22)11(7-12)8-18-15-19-13(9-23-15)10-3-5-17-6-4-10/h1-7,9H,8,16H2,(H,18,19). The monoisotopic (exact) mass is 327 g/mol. The maximum absolute atomic E-state index is 11.1. The van der Waals surface area contributed by atoms with Crippen LogP contribution in [0.5, 0.6) is 0 Å². The van der Waals surface area contributed by atoms with E-state index in [-0.39, 0.29) is 12.2 Å². The molecule has 23 heavy (non-hydrogen) atoms. The number of nitro groups is 1. The molecular weight excluding hydrogens is 314 g/mol. The van der Waals surface area contributed by atoms with E-state index in [9.17, 15) is 10.1 Å². The van der Waals surface area contributed by atoms with Crippen molar-refractivity contribution in [3.8, 4) is 11.3 Å². The highest BCUT2D eigenvalue weighted by molar-refractivity contribution is 7.14. The lowest BCUT2D eigenvalue weighted by atomic mass is 10.1. The molecular formula is C15H13N5O2S. The van der Waals surface area contributed by atoms with Gasteiger partial charge in [0.1, 0.15) is 0 Å². The summed E-state index contributed by atoms with van der Waals surface area (Å²) in [5, 5.41) is 16.8. The lowest BCUT2D eigenvalue weighted by molar-refractivity contribution is -0.385. The Balaban J connectivity index is 1.76. The summed E-state index contributed by atoms with van der Waals surface area (Å²) in [6.07, 6.45) is 3.41. The van der Waals surface area contributed by atoms with Gasteiger partial charge in [0.2, 0.25) is 0 Å². The molecule has 0 saturated carbocycles. The van der Waals surface area contributed by atoms with Crippen molar-refractivity contribution in [1.29, 1.82) is 0 Å². The quantitative estimate of drug-likeness (QED) is 0.423. The van der Waals surface area contributed by atoms with Crippen LogP contribution in [0.3, 0.4) is 0 Å². The van der Waals surface area contributed by atoms with Gasteiger partial charge in [0.25, 0.3) is 5.69 Å². The highest BCUT2D eigenvalue weighted by atomic mass is 32.1. The van der Waals surface area contributed by atoms with Crippen molar-refractivity contribution in [3.63, 3.8) is 0 Å². The van der Waals surface area contributed by atoms with E-state index in [1.165, 1.54) is 23.5 Å². The fourth-order valence-electron chi connectivity index (χ4n) is 2.11. The second-order valence-electron chi connectivity index (χ2n) is 4.77. The van der Waals surface area contributed by atoms with Crippen LogP contribution in [-0.2, 0) is 6.54 Å². The Morgan fingerprint density at radius 1 is 1.26 bits per heavy atom. The molecule has 0 aliphatic rings. The summed E-state index contributed by atoms with van der Waals surface area (Å²) >= 11 is 1.44. The Bertz CT molecular complexity index is 835. The van der Waals surface area contributed by atoms with Gasteiger partial charge in [-0.25, -0.2) is 4.98 Å². The SMILES string of the molecule is Nc1ccc([N+](=O)[O-])c(CNc2nc(-c3ccncc3)cs2)c1. The van der Waals surface area contributed by atoms with Crippen LogP contribution in [0.2, 0.25) is 0 Å². The smallest absolute Gasteiger partial charge is 0.274 e. The predicted octanol–water partition coefficient (Wildman–Crippen LogP) is 3.31. The Hall–Kier alpha value is -3.00. The number of nitrogens with one attached hydrogen (secondary N) is 1. The zero-order chi connectivity index (χ0) is 16.2.